The van der Waals surface area contributed by atoms with Gasteiger partial charge in [-0.05, 0) is 66.9 Å². The first-order valence-corrected chi connectivity index (χ1v) is 14.1. The molecule has 3 aromatic rings. The van der Waals surface area contributed by atoms with Crippen LogP contribution in [0.15, 0.2) is 72.8 Å². The maximum Gasteiger partial charge on any atom is 0.190 e. The lowest BCUT2D eigenvalue weighted by atomic mass is 10.1. The molecular formula is C33H40O9. The van der Waals surface area contributed by atoms with Crippen LogP contribution in [-0.4, -0.2) is 64.4 Å². The number of hydrogen-bond donors (Lipinski definition) is 0. The second kappa shape index (κ2) is 13.9. The molecule has 5 atom stereocenters. The molecule has 0 saturated carbocycles. The zero-order valence-electron chi connectivity index (χ0n) is 24.8. The summed E-state index contributed by atoms with van der Waals surface area (Å²) in [4.78, 5) is 0. The molecule has 2 heterocycles. The number of ether oxygens (including phenoxy) is 9. The van der Waals surface area contributed by atoms with E-state index >= 15 is 0 Å². The highest BCUT2D eigenvalue weighted by molar-refractivity contribution is 5.28. The lowest BCUT2D eigenvalue weighted by Gasteiger charge is -2.31. The molecule has 5 rings (SSSR count). The summed E-state index contributed by atoms with van der Waals surface area (Å²) in [7, 11) is 4.94. The van der Waals surface area contributed by atoms with Crippen LogP contribution in [0.3, 0.4) is 0 Å². The average Bonchev–Trinajstić information content (AvgIpc) is 3.49. The van der Waals surface area contributed by atoms with Crippen LogP contribution in [0, 0.1) is 0 Å². The summed E-state index contributed by atoms with van der Waals surface area (Å²) in [6.07, 6.45) is -2.42. The Labute approximate surface area is 247 Å². The molecule has 2 saturated heterocycles. The summed E-state index contributed by atoms with van der Waals surface area (Å²) < 4.78 is 53.8. The molecule has 0 radical (unpaired) electrons. The minimum absolute atomic E-state index is 0.276. The van der Waals surface area contributed by atoms with Gasteiger partial charge >= 0.3 is 0 Å². The summed E-state index contributed by atoms with van der Waals surface area (Å²) in [6.45, 7) is 5.15. The first-order valence-electron chi connectivity index (χ1n) is 14.1. The lowest BCUT2D eigenvalue weighted by Crippen LogP contribution is -2.45. The minimum Gasteiger partial charge on any atom is -0.497 e. The fraction of sp³-hybridized carbons (Fsp3) is 0.455. The van der Waals surface area contributed by atoms with Crippen LogP contribution in [0.1, 0.15) is 30.5 Å². The van der Waals surface area contributed by atoms with E-state index in [4.69, 9.17) is 42.6 Å². The lowest BCUT2D eigenvalue weighted by molar-refractivity contribution is -0.238. The highest BCUT2D eigenvalue weighted by Gasteiger charge is 2.57. The molecular weight excluding hydrogens is 540 g/mol. The molecule has 226 valence electrons. The summed E-state index contributed by atoms with van der Waals surface area (Å²) in [5.41, 5.74) is 3.02. The number of rotatable bonds is 14. The van der Waals surface area contributed by atoms with E-state index in [-0.39, 0.29) is 6.61 Å². The Morgan fingerprint density at radius 1 is 0.667 bits per heavy atom. The topological polar surface area (TPSA) is 83.1 Å². The largest absolute Gasteiger partial charge is 0.497 e. The molecule has 0 aliphatic carbocycles. The van der Waals surface area contributed by atoms with Gasteiger partial charge in [0.15, 0.2) is 12.1 Å². The second-order valence-electron chi connectivity index (χ2n) is 10.8. The van der Waals surface area contributed by atoms with Crippen LogP contribution in [0.25, 0.3) is 0 Å². The van der Waals surface area contributed by atoms with E-state index in [2.05, 4.69) is 0 Å². The van der Waals surface area contributed by atoms with Crippen LogP contribution in [-0.2, 0) is 48.2 Å². The van der Waals surface area contributed by atoms with Crippen LogP contribution >= 0.6 is 0 Å². The SMILES string of the molecule is COc1ccc(COC[C@@H](OCc2ccc(OC)cc2)[C@H]2O[C@@H]3OC(C)(C)O[C@@H]3[C@H]2OCc2ccc(OC)cc2)cc1. The molecule has 0 N–H and O–H groups in total. The van der Waals surface area contributed by atoms with Crippen molar-refractivity contribution in [1.29, 1.82) is 0 Å². The van der Waals surface area contributed by atoms with Gasteiger partial charge in [0, 0.05) is 0 Å². The van der Waals surface area contributed by atoms with E-state index < -0.39 is 36.5 Å². The fourth-order valence-corrected chi connectivity index (χ4v) is 5.08. The van der Waals surface area contributed by atoms with Gasteiger partial charge in [-0.25, -0.2) is 0 Å². The molecule has 9 heteroatoms. The molecule has 0 unspecified atom stereocenters. The summed E-state index contributed by atoms with van der Waals surface area (Å²) in [6, 6.07) is 23.3. The van der Waals surface area contributed by atoms with Crippen molar-refractivity contribution in [1.82, 2.24) is 0 Å². The third kappa shape index (κ3) is 7.60. The van der Waals surface area contributed by atoms with E-state index in [0.29, 0.717) is 19.8 Å². The van der Waals surface area contributed by atoms with E-state index in [1.165, 1.54) is 0 Å². The predicted octanol–water partition coefficient (Wildman–Crippen LogP) is 5.28. The Kier molecular flexibility index (Phi) is 9.99. The Hall–Kier alpha value is -3.18. The van der Waals surface area contributed by atoms with Gasteiger partial charge in [0.1, 0.15) is 41.7 Å². The normalized spacial score (nSPS) is 23.4. The van der Waals surface area contributed by atoms with Crippen molar-refractivity contribution in [3.8, 4) is 17.2 Å². The number of fused-ring (bicyclic) bond motifs is 1. The van der Waals surface area contributed by atoms with E-state index in [1.807, 2.05) is 86.6 Å². The molecule has 2 aliphatic rings. The van der Waals surface area contributed by atoms with E-state index in [9.17, 15) is 0 Å². The van der Waals surface area contributed by atoms with Gasteiger partial charge in [0.2, 0.25) is 0 Å². The Morgan fingerprint density at radius 3 is 1.69 bits per heavy atom. The Bertz CT molecular complexity index is 1240. The highest BCUT2D eigenvalue weighted by Crippen LogP contribution is 2.40. The number of methoxy groups -OCH3 is 3. The smallest absolute Gasteiger partial charge is 0.190 e. The van der Waals surface area contributed by atoms with Crippen LogP contribution in [0.5, 0.6) is 17.2 Å². The third-order valence-electron chi connectivity index (χ3n) is 7.33. The monoisotopic (exact) mass is 580 g/mol. The van der Waals surface area contributed by atoms with Gasteiger partial charge in [-0.3, -0.25) is 0 Å². The zero-order valence-corrected chi connectivity index (χ0v) is 24.8. The van der Waals surface area contributed by atoms with Gasteiger partial charge in [-0.2, -0.15) is 0 Å². The molecule has 9 nitrogen and oxygen atoms in total. The molecule has 3 aromatic carbocycles. The Balaban J connectivity index is 1.32. The standard InChI is InChI=1S/C33H40O9/c1-33(2)41-31-30(39-20-24-10-16-27(36-5)17-11-24)29(40-32(31)42-33)28(38-19-23-8-14-26(35-4)15-9-23)21-37-18-22-6-12-25(34-3)13-7-22/h6-17,28-32H,18-21H2,1-5H3/t28-,29-,30+,31-,32-/m1/s1. The molecule has 0 bridgehead atoms. The summed E-state index contributed by atoms with van der Waals surface area (Å²) in [5.74, 6) is 1.59. The van der Waals surface area contributed by atoms with Crippen molar-refractivity contribution in [3.05, 3.63) is 89.5 Å². The molecule has 0 spiro atoms. The van der Waals surface area contributed by atoms with Crippen molar-refractivity contribution in [2.24, 2.45) is 0 Å². The summed E-state index contributed by atoms with van der Waals surface area (Å²) >= 11 is 0. The first-order chi connectivity index (χ1) is 20.4. The van der Waals surface area contributed by atoms with Crippen LogP contribution < -0.4 is 14.2 Å². The van der Waals surface area contributed by atoms with Gasteiger partial charge < -0.3 is 42.6 Å². The minimum atomic E-state index is -0.785. The van der Waals surface area contributed by atoms with Crippen LogP contribution in [0.2, 0.25) is 0 Å². The maximum atomic E-state index is 6.50. The molecule has 2 aliphatic heterocycles. The summed E-state index contributed by atoms with van der Waals surface area (Å²) in [5, 5.41) is 0. The van der Waals surface area contributed by atoms with Crippen molar-refractivity contribution >= 4 is 0 Å². The Morgan fingerprint density at radius 2 is 1.17 bits per heavy atom. The average molecular weight is 581 g/mol. The number of benzene rings is 3. The van der Waals surface area contributed by atoms with Crippen molar-refractivity contribution in [2.45, 2.75) is 70.2 Å². The second-order valence-corrected chi connectivity index (χ2v) is 10.8. The third-order valence-corrected chi connectivity index (χ3v) is 7.33. The first kappa shape index (κ1) is 30.3. The van der Waals surface area contributed by atoms with Crippen molar-refractivity contribution < 1.29 is 42.6 Å². The predicted molar refractivity (Wildman–Crippen MR) is 154 cm³/mol. The van der Waals surface area contributed by atoms with E-state index in [0.717, 1.165) is 33.9 Å². The molecule has 42 heavy (non-hydrogen) atoms. The van der Waals surface area contributed by atoms with Gasteiger partial charge in [0.05, 0.1) is 47.8 Å². The van der Waals surface area contributed by atoms with Crippen molar-refractivity contribution in [2.75, 3.05) is 27.9 Å². The van der Waals surface area contributed by atoms with Gasteiger partial charge in [0.25, 0.3) is 0 Å². The molecule has 2 fully saturated rings. The van der Waals surface area contributed by atoms with Crippen LogP contribution in [0.4, 0.5) is 0 Å². The van der Waals surface area contributed by atoms with Gasteiger partial charge in [-0.15, -0.1) is 0 Å². The number of hydrogen-bond acceptors (Lipinski definition) is 9. The van der Waals surface area contributed by atoms with E-state index in [1.54, 1.807) is 21.3 Å². The highest BCUT2D eigenvalue weighted by atomic mass is 16.8. The fourth-order valence-electron chi connectivity index (χ4n) is 5.08. The van der Waals surface area contributed by atoms with Crippen molar-refractivity contribution in [3.63, 3.8) is 0 Å². The quantitative estimate of drug-likeness (QED) is 0.253. The zero-order chi connectivity index (χ0) is 29.5. The molecule has 0 aromatic heterocycles. The maximum absolute atomic E-state index is 6.50. The van der Waals surface area contributed by atoms with Gasteiger partial charge in [-0.1, -0.05) is 36.4 Å². The molecule has 0 amide bonds.